The van der Waals surface area contributed by atoms with Gasteiger partial charge < -0.3 is 58.9 Å². The lowest BCUT2D eigenvalue weighted by molar-refractivity contribution is -0.149. The van der Waals surface area contributed by atoms with Crippen LogP contribution in [0.3, 0.4) is 0 Å². The first-order valence-corrected chi connectivity index (χ1v) is 40.9. The number of methoxy groups -OCH3 is 3. The number of H-pyrrole nitrogens is 3. The van der Waals surface area contributed by atoms with E-state index in [0.29, 0.717) is 160 Å². The number of benzene rings is 6. The number of likely N-dealkylation sites (tertiary alicyclic amines) is 1. The Morgan fingerprint density at radius 1 is 0.479 bits per heavy atom. The van der Waals surface area contributed by atoms with Crippen LogP contribution in [0.1, 0.15) is 59.9 Å². The van der Waals surface area contributed by atoms with Gasteiger partial charge in [-0.1, -0.05) is 88.3 Å². The van der Waals surface area contributed by atoms with Gasteiger partial charge in [0.15, 0.2) is 29.1 Å². The van der Waals surface area contributed by atoms with Crippen molar-refractivity contribution in [1.82, 2.24) is 93.4 Å². The van der Waals surface area contributed by atoms with E-state index < -0.39 is 64.6 Å². The molecule has 19 rings (SSSR count). The van der Waals surface area contributed by atoms with Crippen LogP contribution in [0.5, 0.6) is 17.2 Å². The minimum atomic E-state index is -0.874. The second-order valence-corrected chi connectivity index (χ2v) is 31.2. The SMILES string of the molecule is COc1ccc(C(=O)N2C[C@@H]3C[C@H]2C(=O)O3)cc1-n1c(CSc2ncnc3nc[nH]c23)nc2cccc(Cl)c2c1=O.COc1ccc(NC(=O)[C@@H]2CCC(=O)O2)cc1-n1c(CSc2ncnc3nc[nH]c23)nc2cccc(Cl)c2c1=O.COc1ccc(NC(=O)[C@H]2CCC(=O)O2)cc1-n1c(CSc2ncnc3nc[nH]c23)nc2cccc(Cl)c2c1=O. The molecule has 5 N–H and O–H groups in total. The van der Waals surface area contributed by atoms with E-state index in [1.54, 1.807) is 109 Å². The Hall–Kier alpha value is -13.5. The number of cyclic esters (lactones) is 2. The molecule has 36 nitrogen and oxygen atoms in total. The number of anilines is 2. The molecule has 0 aliphatic carbocycles. The number of nitrogens with one attached hydrogen (secondary N) is 5. The summed E-state index contributed by atoms with van der Waals surface area (Å²) < 4.78 is 36.4. The Bertz CT molecular complexity index is 6680. The van der Waals surface area contributed by atoms with Crippen LogP contribution in [-0.2, 0) is 55.4 Å². The van der Waals surface area contributed by atoms with Gasteiger partial charge in [0.25, 0.3) is 34.4 Å². The Labute approximate surface area is 707 Å². The van der Waals surface area contributed by atoms with Gasteiger partial charge in [-0.05, 0) is 91.0 Å². The Morgan fingerprint density at radius 2 is 0.860 bits per heavy atom. The molecule has 4 atom stereocenters. The van der Waals surface area contributed by atoms with Gasteiger partial charge in [0.2, 0.25) is 0 Å². The maximum Gasteiger partial charge on any atom is 0.329 e. The van der Waals surface area contributed by atoms with Crippen molar-refractivity contribution < 1.29 is 57.2 Å². The van der Waals surface area contributed by atoms with Crippen LogP contribution in [-0.4, -0.2) is 181 Å². The van der Waals surface area contributed by atoms with E-state index in [9.17, 15) is 43.2 Å². The maximum absolute atomic E-state index is 14.1. The van der Waals surface area contributed by atoms with Crippen molar-refractivity contribution in [3.8, 4) is 34.3 Å². The first kappa shape index (κ1) is 80.0. The number of fused-ring (bicyclic) bond motifs is 8. The van der Waals surface area contributed by atoms with Gasteiger partial charge in [-0.25, -0.2) is 64.6 Å². The van der Waals surface area contributed by atoms with E-state index in [0.717, 1.165) is 0 Å². The van der Waals surface area contributed by atoms with Crippen molar-refractivity contribution in [2.45, 2.75) is 88.8 Å². The summed E-state index contributed by atoms with van der Waals surface area (Å²) in [6.07, 6.45) is 8.27. The number of rotatable bonds is 20. The van der Waals surface area contributed by atoms with Crippen molar-refractivity contribution in [2.75, 3.05) is 38.5 Å². The predicted octanol–water partition coefficient (Wildman–Crippen LogP) is 10.4. The second kappa shape index (κ2) is 34.1. The summed E-state index contributed by atoms with van der Waals surface area (Å²) in [5.41, 5.74) is 5.67. The molecule has 4 saturated heterocycles. The van der Waals surface area contributed by atoms with Crippen molar-refractivity contribution in [3.05, 3.63) is 216 Å². The average Bonchev–Trinajstić information content (AvgIpc) is 1.71. The molecule has 4 fully saturated rings. The van der Waals surface area contributed by atoms with E-state index in [4.69, 9.17) is 78.2 Å². The third kappa shape index (κ3) is 15.9. The highest BCUT2D eigenvalue weighted by Crippen LogP contribution is 2.38. The molecule has 610 valence electrons. The topological polar surface area (TPSA) is 453 Å². The molecule has 0 radical (unpaired) electrons. The van der Waals surface area contributed by atoms with Gasteiger partial charge >= 0.3 is 17.9 Å². The summed E-state index contributed by atoms with van der Waals surface area (Å²) in [6, 6.07) is 29.1. The molecule has 0 spiro atoms. The number of thioether (sulfide) groups is 3. The van der Waals surface area contributed by atoms with Crippen LogP contribution in [0.15, 0.2) is 177 Å². The molecule has 2 bridgehead atoms. The Kier molecular flexibility index (Phi) is 22.5. The number of aromatic amines is 3. The number of ether oxygens (including phenoxy) is 6. The summed E-state index contributed by atoms with van der Waals surface area (Å²) in [6.45, 7) is 0.326. The van der Waals surface area contributed by atoms with Gasteiger partial charge in [0.05, 0.1) is 129 Å². The lowest BCUT2D eigenvalue weighted by atomic mass is 10.1. The molecule has 0 unspecified atom stereocenters. The number of carbonyl (C=O) groups is 6. The zero-order chi connectivity index (χ0) is 83.9. The molecule has 121 heavy (non-hydrogen) atoms. The molecule has 15 aromatic rings. The molecule has 6 aromatic carbocycles. The number of esters is 3. The molecule has 42 heteroatoms. The van der Waals surface area contributed by atoms with Crippen LogP contribution < -0.4 is 41.5 Å². The number of halogens is 3. The van der Waals surface area contributed by atoms with Gasteiger partial charge in [-0.3, -0.25) is 52.1 Å². The molecule has 13 heterocycles. The highest BCUT2D eigenvalue weighted by Gasteiger charge is 2.49. The zero-order valence-corrected chi connectivity index (χ0v) is 67.9. The van der Waals surface area contributed by atoms with Crippen molar-refractivity contribution in [1.29, 1.82) is 0 Å². The third-order valence-electron chi connectivity index (χ3n) is 19.8. The number of carbonyl (C=O) groups excluding carboxylic acids is 6. The van der Waals surface area contributed by atoms with Crippen LogP contribution in [0.25, 0.3) is 83.3 Å². The van der Waals surface area contributed by atoms with Gasteiger partial charge in [-0.2, -0.15) is 0 Å². The lowest BCUT2D eigenvalue weighted by Crippen LogP contribution is -2.44. The molecule has 0 saturated carbocycles. The Balaban J connectivity index is 0.000000129. The first-order valence-electron chi connectivity index (χ1n) is 36.8. The standard InChI is InChI=1S/C27H20ClN7O5S.2C26H20ClN7O5S/c1-39-19-6-5-13(25(36)34-9-14-8-18(34)27(38)40-14)7-17(19)35-20(33-16-4-2-3-15(28)21(16)26(35)37)10-41-24-22-23(30-11-29-22)31-12-32-24;2*1-38-17-6-5-13(32-24(36)18-7-8-20(35)39-18)9-16(17)34-19(33-15-4-2-3-14(27)21(15)26(34)37)10-40-25-22-23(29-11-28-22)30-12-31-25/h2-7,11-12,14,18H,8-10H2,1H3,(H,29,30,31,32);2*2-6,9,11-12,18H,7-8,10H2,1H3,(H,32,36)(H,28,29,30,31)/t14-,18-;2*18-/m010/s1. The summed E-state index contributed by atoms with van der Waals surface area (Å²) in [7, 11) is 4.43. The minimum absolute atomic E-state index is 0.184. The molecule has 4 aliphatic heterocycles. The van der Waals surface area contributed by atoms with Crippen LogP contribution in [0.2, 0.25) is 15.1 Å². The summed E-state index contributed by atoms with van der Waals surface area (Å²) in [5.74, 6) is 0.455. The molecule has 4 aliphatic rings. The second-order valence-electron chi connectivity index (χ2n) is 27.1. The number of hydrogen-bond acceptors (Lipinski definition) is 30. The van der Waals surface area contributed by atoms with Crippen molar-refractivity contribution >= 4 is 183 Å². The summed E-state index contributed by atoms with van der Waals surface area (Å²) in [5, 5.41) is 8.90. The molecular formula is C79H60Cl3N21O15S3. The fourth-order valence-corrected chi connectivity index (χ4v) is 17.6. The number of morpholine rings is 1. The quantitative estimate of drug-likeness (QED) is 0.0205. The number of nitrogens with zero attached hydrogens (tertiary/aromatic N) is 16. The van der Waals surface area contributed by atoms with E-state index in [-0.39, 0.29) is 73.3 Å². The van der Waals surface area contributed by atoms with Gasteiger partial charge in [0.1, 0.15) is 97.5 Å². The van der Waals surface area contributed by atoms with E-state index in [1.165, 1.54) is 113 Å². The summed E-state index contributed by atoms with van der Waals surface area (Å²) >= 11 is 23.4. The average molecular weight is 1750 g/mol. The molecular weight excluding hydrogens is 1690 g/mol. The minimum Gasteiger partial charge on any atom is -0.495 e. The normalized spacial score (nSPS) is 16.0. The maximum atomic E-state index is 14.1. The highest BCUT2D eigenvalue weighted by molar-refractivity contribution is 7.99. The predicted molar refractivity (Wildman–Crippen MR) is 445 cm³/mol. The van der Waals surface area contributed by atoms with Gasteiger partial charge in [0, 0.05) is 49.0 Å². The number of hydrogen-bond donors (Lipinski definition) is 5. The zero-order valence-electron chi connectivity index (χ0n) is 63.2. The number of aromatic nitrogens is 18. The largest absolute Gasteiger partial charge is 0.495 e. The number of amides is 3. The number of imidazole rings is 3. The van der Waals surface area contributed by atoms with E-state index in [2.05, 4.69) is 70.4 Å². The van der Waals surface area contributed by atoms with E-state index in [1.807, 2.05) is 0 Å². The monoisotopic (exact) mass is 1740 g/mol. The molecule has 9 aromatic heterocycles. The lowest BCUT2D eigenvalue weighted by Gasteiger charge is -2.26. The molecule has 3 amide bonds. The Morgan fingerprint density at radius 3 is 1.21 bits per heavy atom. The van der Waals surface area contributed by atoms with Crippen LogP contribution in [0, 0.1) is 0 Å². The van der Waals surface area contributed by atoms with Gasteiger partial charge in [-0.15, -0.1) is 0 Å². The smallest absolute Gasteiger partial charge is 0.329 e. The third-order valence-corrected chi connectivity index (χ3v) is 23.7. The highest BCUT2D eigenvalue weighted by atomic mass is 35.5. The van der Waals surface area contributed by atoms with Crippen molar-refractivity contribution in [3.63, 3.8) is 0 Å². The van der Waals surface area contributed by atoms with Crippen molar-refractivity contribution in [2.24, 2.45) is 0 Å². The first-order chi connectivity index (χ1) is 58.8. The fourth-order valence-electron chi connectivity index (χ4n) is 14.2. The van der Waals surface area contributed by atoms with Crippen LogP contribution in [0.4, 0.5) is 11.4 Å². The fraction of sp³-hybridized carbons (Fsp3) is 0.203. The van der Waals surface area contributed by atoms with E-state index >= 15 is 0 Å². The van der Waals surface area contributed by atoms with Crippen LogP contribution >= 0.6 is 70.1 Å². The summed E-state index contributed by atoms with van der Waals surface area (Å²) in [4.78, 5) is 179.